The van der Waals surface area contributed by atoms with Gasteiger partial charge in [-0.25, -0.2) is 9.67 Å². The molecular formula is C10H11N3O. The molecule has 0 N–H and O–H groups in total. The summed E-state index contributed by atoms with van der Waals surface area (Å²) in [6.45, 7) is 0.523. The summed E-state index contributed by atoms with van der Waals surface area (Å²) < 4.78 is 6.73. The predicted octanol–water partition coefficient (Wildman–Crippen LogP) is 1.41. The van der Waals surface area contributed by atoms with Crippen molar-refractivity contribution in [2.24, 2.45) is 0 Å². The number of pyridine rings is 1. The van der Waals surface area contributed by atoms with Crippen LogP contribution in [0.4, 0.5) is 0 Å². The normalized spacial score (nSPS) is 10.4. The van der Waals surface area contributed by atoms with Crippen molar-refractivity contribution >= 4 is 0 Å². The third kappa shape index (κ3) is 1.80. The molecule has 0 saturated heterocycles. The van der Waals surface area contributed by atoms with E-state index in [4.69, 9.17) is 4.74 Å². The van der Waals surface area contributed by atoms with E-state index >= 15 is 0 Å². The van der Waals surface area contributed by atoms with Gasteiger partial charge in [0, 0.05) is 19.5 Å². The Morgan fingerprint density at radius 1 is 1.36 bits per heavy atom. The minimum absolute atomic E-state index is 0.523. The molecule has 2 rings (SSSR count). The minimum Gasteiger partial charge on any atom is -0.378 e. The van der Waals surface area contributed by atoms with Crippen LogP contribution in [0.15, 0.2) is 36.7 Å². The first kappa shape index (κ1) is 8.90. The average Bonchev–Trinajstić information content (AvgIpc) is 2.71. The second kappa shape index (κ2) is 4.02. The maximum atomic E-state index is 5.01. The Morgan fingerprint density at radius 3 is 3.00 bits per heavy atom. The van der Waals surface area contributed by atoms with Gasteiger partial charge in [0.1, 0.15) is 0 Å². The van der Waals surface area contributed by atoms with Gasteiger partial charge >= 0.3 is 0 Å². The fourth-order valence-corrected chi connectivity index (χ4v) is 1.23. The van der Waals surface area contributed by atoms with E-state index in [9.17, 15) is 0 Å². The van der Waals surface area contributed by atoms with E-state index in [0.717, 1.165) is 11.5 Å². The summed E-state index contributed by atoms with van der Waals surface area (Å²) in [7, 11) is 1.66. The maximum Gasteiger partial charge on any atom is 0.153 e. The lowest BCUT2D eigenvalue weighted by Crippen LogP contribution is -2.00. The summed E-state index contributed by atoms with van der Waals surface area (Å²) in [5.41, 5.74) is 0.903. The lowest BCUT2D eigenvalue weighted by atomic mass is 10.3. The van der Waals surface area contributed by atoms with Gasteiger partial charge in [0.15, 0.2) is 5.82 Å². The topological polar surface area (TPSA) is 39.9 Å². The van der Waals surface area contributed by atoms with Crippen LogP contribution in [0.25, 0.3) is 5.82 Å². The van der Waals surface area contributed by atoms with Crippen molar-refractivity contribution in [1.82, 2.24) is 14.8 Å². The Kier molecular flexibility index (Phi) is 2.55. The molecule has 0 aliphatic heterocycles. The van der Waals surface area contributed by atoms with E-state index in [-0.39, 0.29) is 0 Å². The molecule has 4 nitrogen and oxygen atoms in total. The zero-order chi connectivity index (χ0) is 9.80. The Balaban J connectivity index is 2.31. The summed E-state index contributed by atoms with van der Waals surface area (Å²) >= 11 is 0. The van der Waals surface area contributed by atoms with Gasteiger partial charge in [-0.2, -0.15) is 5.10 Å². The summed E-state index contributed by atoms with van der Waals surface area (Å²) in [6, 6.07) is 7.64. The molecule has 0 fully saturated rings. The zero-order valence-corrected chi connectivity index (χ0v) is 7.92. The SMILES string of the molecule is COCc1cccc(-n2cccn2)n1. The first-order valence-corrected chi connectivity index (χ1v) is 4.35. The van der Waals surface area contributed by atoms with Crippen molar-refractivity contribution in [3.8, 4) is 5.82 Å². The van der Waals surface area contributed by atoms with Gasteiger partial charge in [0.2, 0.25) is 0 Å². The van der Waals surface area contributed by atoms with Crippen LogP contribution in [0.2, 0.25) is 0 Å². The van der Waals surface area contributed by atoms with Gasteiger partial charge in [-0.1, -0.05) is 6.07 Å². The average molecular weight is 189 g/mol. The molecule has 0 radical (unpaired) electrons. The number of ether oxygens (including phenoxy) is 1. The van der Waals surface area contributed by atoms with Crippen molar-refractivity contribution in [1.29, 1.82) is 0 Å². The number of methoxy groups -OCH3 is 1. The molecule has 0 aromatic carbocycles. The Bertz CT molecular complexity index is 398. The summed E-state index contributed by atoms with van der Waals surface area (Å²) in [4.78, 5) is 4.38. The molecule has 0 aliphatic carbocycles. The molecule has 0 amide bonds. The molecule has 0 spiro atoms. The number of hydrogen-bond acceptors (Lipinski definition) is 3. The molecule has 0 aliphatic rings. The Morgan fingerprint density at radius 2 is 2.29 bits per heavy atom. The van der Waals surface area contributed by atoms with Crippen molar-refractivity contribution in [2.45, 2.75) is 6.61 Å². The van der Waals surface area contributed by atoms with Gasteiger partial charge in [0.25, 0.3) is 0 Å². The van der Waals surface area contributed by atoms with Crippen LogP contribution in [0.3, 0.4) is 0 Å². The highest BCUT2D eigenvalue weighted by Gasteiger charge is 1.98. The van der Waals surface area contributed by atoms with Crippen LogP contribution >= 0.6 is 0 Å². The lowest BCUT2D eigenvalue weighted by Gasteiger charge is -2.02. The van der Waals surface area contributed by atoms with E-state index < -0.39 is 0 Å². The van der Waals surface area contributed by atoms with Crippen molar-refractivity contribution in [2.75, 3.05) is 7.11 Å². The predicted molar refractivity (Wildman–Crippen MR) is 52.1 cm³/mol. The van der Waals surface area contributed by atoms with Crippen LogP contribution in [0, 0.1) is 0 Å². The van der Waals surface area contributed by atoms with Crippen molar-refractivity contribution in [3.63, 3.8) is 0 Å². The molecule has 72 valence electrons. The molecule has 0 unspecified atom stereocenters. The van der Waals surface area contributed by atoms with Crippen LogP contribution in [-0.2, 0) is 11.3 Å². The summed E-state index contributed by atoms with van der Waals surface area (Å²) in [5, 5.41) is 4.10. The zero-order valence-electron chi connectivity index (χ0n) is 7.92. The molecule has 0 bridgehead atoms. The fraction of sp³-hybridized carbons (Fsp3) is 0.200. The number of rotatable bonds is 3. The number of aromatic nitrogens is 3. The molecule has 14 heavy (non-hydrogen) atoms. The molecular weight excluding hydrogens is 178 g/mol. The third-order valence-electron chi connectivity index (χ3n) is 1.82. The van der Waals surface area contributed by atoms with E-state index in [1.54, 1.807) is 18.0 Å². The van der Waals surface area contributed by atoms with Gasteiger partial charge in [-0.3, -0.25) is 0 Å². The van der Waals surface area contributed by atoms with E-state index in [0.29, 0.717) is 6.61 Å². The van der Waals surface area contributed by atoms with Crippen LogP contribution < -0.4 is 0 Å². The smallest absolute Gasteiger partial charge is 0.153 e. The first-order chi connectivity index (χ1) is 6.90. The van der Waals surface area contributed by atoms with Gasteiger partial charge in [0.05, 0.1) is 12.3 Å². The fourth-order valence-electron chi connectivity index (χ4n) is 1.23. The van der Waals surface area contributed by atoms with Gasteiger partial charge < -0.3 is 4.74 Å². The number of nitrogens with zero attached hydrogens (tertiary/aromatic N) is 3. The minimum atomic E-state index is 0.523. The van der Waals surface area contributed by atoms with Crippen LogP contribution in [0.5, 0.6) is 0 Å². The monoisotopic (exact) mass is 189 g/mol. The largest absolute Gasteiger partial charge is 0.378 e. The molecule has 0 atom stereocenters. The summed E-state index contributed by atoms with van der Waals surface area (Å²) in [5.74, 6) is 0.810. The first-order valence-electron chi connectivity index (χ1n) is 4.35. The molecule has 2 aromatic rings. The Hall–Kier alpha value is -1.68. The second-order valence-corrected chi connectivity index (χ2v) is 2.87. The van der Waals surface area contributed by atoms with E-state index in [2.05, 4.69) is 10.1 Å². The molecule has 2 aromatic heterocycles. The standard InChI is InChI=1S/C10H11N3O/c1-14-8-9-4-2-5-10(12-9)13-7-3-6-11-13/h2-7H,8H2,1H3. The second-order valence-electron chi connectivity index (χ2n) is 2.87. The maximum absolute atomic E-state index is 5.01. The highest BCUT2D eigenvalue weighted by Crippen LogP contribution is 2.04. The van der Waals surface area contributed by atoms with Crippen LogP contribution in [-0.4, -0.2) is 21.9 Å². The van der Waals surface area contributed by atoms with E-state index in [1.807, 2.05) is 30.5 Å². The molecule has 4 heteroatoms. The Labute approximate surface area is 82.2 Å². The van der Waals surface area contributed by atoms with Crippen molar-refractivity contribution in [3.05, 3.63) is 42.4 Å². The number of hydrogen-bond donors (Lipinski definition) is 0. The molecule has 2 heterocycles. The quantitative estimate of drug-likeness (QED) is 0.733. The molecule has 0 saturated carbocycles. The van der Waals surface area contributed by atoms with Crippen LogP contribution in [0.1, 0.15) is 5.69 Å². The highest BCUT2D eigenvalue weighted by atomic mass is 16.5. The lowest BCUT2D eigenvalue weighted by molar-refractivity contribution is 0.181. The highest BCUT2D eigenvalue weighted by molar-refractivity contribution is 5.23. The summed E-state index contributed by atoms with van der Waals surface area (Å²) in [6.07, 6.45) is 3.59. The van der Waals surface area contributed by atoms with Gasteiger partial charge in [-0.05, 0) is 18.2 Å². The third-order valence-corrected chi connectivity index (χ3v) is 1.82. The van der Waals surface area contributed by atoms with Gasteiger partial charge in [-0.15, -0.1) is 0 Å². The van der Waals surface area contributed by atoms with E-state index in [1.165, 1.54) is 0 Å². The van der Waals surface area contributed by atoms with Crippen molar-refractivity contribution < 1.29 is 4.74 Å².